The highest BCUT2D eigenvalue weighted by Gasteiger charge is 2.65. The average Bonchev–Trinajstić information content (AvgIpc) is 2.70. The Kier molecular flexibility index (Phi) is 2.51. The predicted molar refractivity (Wildman–Crippen MR) is 58.7 cm³/mol. The molecule has 2 aliphatic carbocycles. The zero-order valence-corrected chi connectivity index (χ0v) is 10.5. The summed E-state index contributed by atoms with van der Waals surface area (Å²) < 4.78 is 55.9. The third-order valence-corrected chi connectivity index (χ3v) is 4.93. The van der Waals surface area contributed by atoms with Crippen LogP contribution in [0, 0.1) is 17.8 Å². The molecule has 19 heavy (non-hydrogen) atoms. The summed E-state index contributed by atoms with van der Waals surface area (Å²) in [6.07, 6.45) is 0.499. The predicted octanol–water partition coefficient (Wildman–Crippen LogP) is 1.38. The van der Waals surface area contributed by atoms with Gasteiger partial charge in [0.05, 0.1) is 6.26 Å². The van der Waals surface area contributed by atoms with Crippen molar-refractivity contribution in [3.8, 4) is 0 Å². The lowest BCUT2D eigenvalue weighted by Gasteiger charge is -2.12. The number of carbonyl (C=O) groups is 1. The van der Waals surface area contributed by atoms with Crippen LogP contribution in [0.1, 0.15) is 12.8 Å². The minimum Gasteiger partial charge on any atom is -0.451 e. The highest BCUT2D eigenvalue weighted by molar-refractivity contribution is 7.89. The molecule has 0 aliphatic heterocycles. The molecule has 3 atom stereocenters. The summed E-state index contributed by atoms with van der Waals surface area (Å²) in [5.41, 5.74) is 0. The molecule has 3 rings (SSSR count). The molecule has 1 aromatic rings. The van der Waals surface area contributed by atoms with Gasteiger partial charge in [0.1, 0.15) is 0 Å². The molecule has 104 valence electrons. The zero-order chi connectivity index (χ0) is 13.8. The van der Waals surface area contributed by atoms with Crippen molar-refractivity contribution >= 4 is 15.9 Å². The maximum Gasteiger partial charge on any atom is 0.297 e. The van der Waals surface area contributed by atoms with Crippen LogP contribution in [0.2, 0.25) is 0 Å². The van der Waals surface area contributed by atoms with Gasteiger partial charge in [-0.3, -0.25) is 4.79 Å². The molecule has 2 fully saturated rings. The number of fused-ring (bicyclic) bond motifs is 1. The molecule has 0 aromatic carbocycles. The lowest BCUT2D eigenvalue weighted by atomic mass is 10.1. The smallest absolute Gasteiger partial charge is 0.297 e. The molecule has 2 saturated carbocycles. The third-order valence-electron chi connectivity index (χ3n) is 3.70. The summed E-state index contributed by atoms with van der Waals surface area (Å²) >= 11 is 0. The van der Waals surface area contributed by atoms with E-state index in [4.69, 9.17) is 4.42 Å². The Balaban J connectivity index is 1.66. The molecular weight excluding hydrogens is 280 g/mol. The Morgan fingerprint density at radius 1 is 1.37 bits per heavy atom. The molecule has 5 nitrogen and oxygen atoms in total. The summed E-state index contributed by atoms with van der Waals surface area (Å²) in [6.45, 7) is 0. The first kappa shape index (κ1) is 12.6. The Morgan fingerprint density at radius 2 is 2.00 bits per heavy atom. The van der Waals surface area contributed by atoms with Gasteiger partial charge in [0.15, 0.2) is 0 Å². The highest BCUT2D eigenvalue weighted by atomic mass is 32.2. The lowest BCUT2D eigenvalue weighted by molar-refractivity contribution is -0.122. The van der Waals surface area contributed by atoms with Crippen molar-refractivity contribution < 1.29 is 26.4 Å². The van der Waals surface area contributed by atoms with E-state index in [-0.39, 0.29) is 17.9 Å². The number of sulfonamides is 1. The maximum absolute atomic E-state index is 13.0. The normalized spacial score (nSPS) is 31.8. The molecule has 0 spiro atoms. The number of carbonyl (C=O) groups excluding carboxylic acids is 1. The minimum atomic E-state index is -4.03. The molecule has 1 N–H and O–H groups in total. The zero-order valence-electron chi connectivity index (χ0n) is 9.68. The van der Waals surface area contributed by atoms with Crippen molar-refractivity contribution in [1.29, 1.82) is 0 Å². The number of alkyl halides is 2. The van der Waals surface area contributed by atoms with Crippen LogP contribution in [0.3, 0.4) is 0 Å². The number of hydrogen-bond acceptors (Lipinski definition) is 4. The Labute approximate surface area is 108 Å². The van der Waals surface area contributed by atoms with Gasteiger partial charge in [0, 0.05) is 18.8 Å². The van der Waals surface area contributed by atoms with Gasteiger partial charge in [0.2, 0.25) is 16.9 Å². The first-order valence-electron chi connectivity index (χ1n) is 5.78. The van der Waals surface area contributed by atoms with Crippen molar-refractivity contribution in [3.05, 3.63) is 18.4 Å². The van der Waals surface area contributed by atoms with Gasteiger partial charge in [-0.25, -0.2) is 13.5 Å². The molecule has 0 radical (unpaired) electrons. The molecule has 1 aromatic heterocycles. The van der Waals surface area contributed by atoms with Crippen LogP contribution in [0.5, 0.6) is 0 Å². The van der Waals surface area contributed by atoms with E-state index in [0.29, 0.717) is 0 Å². The number of halogens is 2. The van der Waals surface area contributed by atoms with E-state index in [1.54, 1.807) is 0 Å². The quantitative estimate of drug-likeness (QED) is 0.912. The summed E-state index contributed by atoms with van der Waals surface area (Å²) in [6, 6.07) is 2.59. The van der Waals surface area contributed by atoms with Crippen LogP contribution in [-0.2, 0) is 14.8 Å². The second-order valence-electron chi connectivity index (χ2n) is 5.02. The summed E-state index contributed by atoms with van der Waals surface area (Å²) in [5.74, 6) is -4.86. The number of nitrogens with one attached hydrogen (secondary N) is 1. The summed E-state index contributed by atoms with van der Waals surface area (Å²) in [5, 5.41) is -0.364. The molecule has 2 aliphatic rings. The van der Waals surface area contributed by atoms with E-state index in [1.807, 2.05) is 4.72 Å². The molecule has 1 amide bonds. The van der Waals surface area contributed by atoms with Gasteiger partial charge in [-0.2, -0.15) is 8.42 Å². The van der Waals surface area contributed by atoms with E-state index in [9.17, 15) is 22.0 Å². The lowest BCUT2D eigenvalue weighted by Crippen LogP contribution is -2.33. The average molecular weight is 291 g/mol. The minimum absolute atomic E-state index is 0.337. The Morgan fingerprint density at radius 3 is 2.53 bits per heavy atom. The fraction of sp³-hybridized carbons (Fsp3) is 0.545. The topological polar surface area (TPSA) is 76.4 Å². The van der Waals surface area contributed by atoms with Crippen molar-refractivity contribution in [3.63, 3.8) is 0 Å². The molecular formula is C11H11F2NO4S. The van der Waals surface area contributed by atoms with E-state index in [2.05, 4.69) is 0 Å². The van der Waals surface area contributed by atoms with Crippen LogP contribution >= 0.6 is 0 Å². The van der Waals surface area contributed by atoms with Gasteiger partial charge in [-0.1, -0.05) is 0 Å². The first-order chi connectivity index (χ1) is 8.80. The largest absolute Gasteiger partial charge is 0.451 e. The van der Waals surface area contributed by atoms with E-state index < -0.39 is 39.6 Å². The monoisotopic (exact) mass is 291 g/mol. The van der Waals surface area contributed by atoms with E-state index >= 15 is 0 Å². The second kappa shape index (κ2) is 3.78. The standard InChI is InChI=1S/C11H11F2NO4S/c12-11(13)4-6-7(5-11)9(6)10(15)14-19(16,17)8-2-1-3-18-8/h1-3,6-7,9H,4-5H2,(H,14,15)/t6-,7+,9?. The van der Waals surface area contributed by atoms with Gasteiger partial charge >= 0.3 is 0 Å². The van der Waals surface area contributed by atoms with E-state index in [0.717, 1.165) is 0 Å². The van der Waals surface area contributed by atoms with Gasteiger partial charge < -0.3 is 4.42 Å². The van der Waals surface area contributed by atoms with Crippen molar-refractivity contribution in [2.24, 2.45) is 17.8 Å². The number of amides is 1. The number of furan rings is 1. The summed E-state index contributed by atoms with van der Waals surface area (Å²) in [7, 11) is -4.03. The molecule has 1 heterocycles. The number of rotatable bonds is 3. The third kappa shape index (κ3) is 2.13. The van der Waals surface area contributed by atoms with Crippen LogP contribution < -0.4 is 4.72 Å². The molecule has 0 saturated heterocycles. The number of hydrogen-bond donors (Lipinski definition) is 1. The molecule has 1 unspecified atom stereocenters. The Bertz CT molecular complexity index is 597. The molecule has 0 bridgehead atoms. The van der Waals surface area contributed by atoms with Crippen LogP contribution in [0.15, 0.2) is 27.9 Å². The second-order valence-corrected chi connectivity index (χ2v) is 6.63. The van der Waals surface area contributed by atoms with Gasteiger partial charge in [-0.05, 0) is 24.0 Å². The fourth-order valence-corrected chi connectivity index (χ4v) is 3.77. The van der Waals surface area contributed by atoms with Gasteiger partial charge in [0.25, 0.3) is 10.0 Å². The van der Waals surface area contributed by atoms with Crippen molar-refractivity contribution in [2.45, 2.75) is 23.9 Å². The summed E-state index contributed by atoms with van der Waals surface area (Å²) in [4.78, 5) is 11.8. The van der Waals surface area contributed by atoms with Crippen LogP contribution in [0.4, 0.5) is 8.78 Å². The Hall–Kier alpha value is -1.44. The maximum atomic E-state index is 13.0. The van der Waals surface area contributed by atoms with Crippen molar-refractivity contribution in [1.82, 2.24) is 4.72 Å². The SMILES string of the molecule is O=C(NS(=O)(=O)c1ccco1)C1[C@H]2CC(F)(F)C[C@@H]12. The fourth-order valence-electron chi connectivity index (χ4n) is 2.83. The first-order valence-corrected chi connectivity index (χ1v) is 7.26. The van der Waals surface area contributed by atoms with E-state index in [1.165, 1.54) is 18.4 Å². The van der Waals surface area contributed by atoms with Crippen molar-refractivity contribution in [2.75, 3.05) is 0 Å². The molecule has 8 heteroatoms. The van der Waals surface area contributed by atoms with Gasteiger partial charge in [-0.15, -0.1) is 0 Å². The van der Waals surface area contributed by atoms with Crippen LogP contribution in [-0.4, -0.2) is 20.2 Å². The van der Waals surface area contributed by atoms with Crippen LogP contribution in [0.25, 0.3) is 0 Å². The highest BCUT2D eigenvalue weighted by Crippen LogP contribution is 2.62.